The fourth-order valence-electron chi connectivity index (χ4n) is 3.60. The second-order valence-electron chi connectivity index (χ2n) is 6.50. The third-order valence-corrected chi connectivity index (χ3v) is 4.55. The minimum Gasteiger partial charge on any atom is -0.298 e. The van der Waals surface area contributed by atoms with Gasteiger partial charge in [-0.3, -0.25) is 4.90 Å². The van der Waals surface area contributed by atoms with Crippen molar-refractivity contribution in [1.82, 2.24) is 4.90 Å². The Hall–Kier alpha value is -1.08. The van der Waals surface area contributed by atoms with Crippen LogP contribution in [0, 0.1) is 5.41 Å². The summed E-state index contributed by atoms with van der Waals surface area (Å²) in [6.45, 7) is 16.0. The Labute approximate surface area is 118 Å². The Morgan fingerprint density at radius 2 is 2.05 bits per heavy atom. The van der Waals surface area contributed by atoms with Gasteiger partial charge in [-0.2, -0.15) is 0 Å². The van der Waals surface area contributed by atoms with E-state index in [0.29, 0.717) is 5.41 Å². The van der Waals surface area contributed by atoms with E-state index in [1.54, 1.807) is 5.57 Å². The number of rotatable bonds is 4. The lowest BCUT2D eigenvalue weighted by molar-refractivity contribution is 0.155. The van der Waals surface area contributed by atoms with Crippen molar-refractivity contribution >= 4 is 0 Å². The first-order valence-corrected chi connectivity index (χ1v) is 7.41. The molecule has 0 saturated carbocycles. The maximum absolute atomic E-state index is 3.95. The molecule has 1 heterocycles. The highest BCUT2D eigenvalue weighted by Crippen LogP contribution is 2.37. The summed E-state index contributed by atoms with van der Waals surface area (Å²) in [6.07, 6.45) is 11.4. The van der Waals surface area contributed by atoms with Gasteiger partial charge in [0.2, 0.25) is 0 Å². The average molecular weight is 257 g/mol. The van der Waals surface area contributed by atoms with E-state index < -0.39 is 0 Å². The van der Waals surface area contributed by atoms with Gasteiger partial charge in [0.1, 0.15) is 0 Å². The molecule has 1 heteroatoms. The van der Waals surface area contributed by atoms with Crippen LogP contribution in [-0.4, -0.2) is 24.5 Å². The molecule has 1 unspecified atom stereocenters. The summed E-state index contributed by atoms with van der Waals surface area (Å²) in [6, 6.07) is 0. The molecule has 104 valence electrons. The maximum atomic E-state index is 3.95. The van der Waals surface area contributed by atoms with Crippen LogP contribution >= 0.6 is 0 Å². The smallest absolute Gasteiger partial charge is 0.0236 e. The van der Waals surface area contributed by atoms with E-state index in [1.165, 1.54) is 37.0 Å². The molecule has 1 aliphatic carbocycles. The van der Waals surface area contributed by atoms with Gasteiger partial charge in [0, 0.05) is 19.6 Å². The molecule has 0 spiro atoms. The number of hydrogen-bond donors (Lipinski definition) is 0. The molecule has 19 heavy (non-hydrogen) atoms. The lowest BCUT2D eigenvalue weighted by Crippen LogP contribution is -2.40. The van der Waals surface area contributed by atoms with Crippen LogP contribution in [0.5, 0.6) is 0 Å². The minimum absolute atomic E-state index is 0.455. The molecule has 0 amide bonds. The molecule has 0 N–H and O–H groups in total. The number of nitrogens with zero attached hydrogens (tertiary/aromatic N) is 1. The largest absolute Gasteiger partial charge is 0.298 e. The highest BCUT2D eigenvalue weighted by molar-refractivity contribution is 5.34. The van der Waals surface area contributed by atoms with Gasteiger partial charge in [-0.25, -0.2) is 0 Å². The zero-order valence-electron chi connectivity index (χ0n) is 12.5. The summed E-state index contributed by atoms with van der Waals surface area (Å²) >= 11 is 0. The fraction of sp³-hybridized carbons (Fsp3) is 0.556. The molecular formula is C18H27N. The lowest BCUT2D eigenvalue weighted by atomic mass is 9.75. The van der Waals surface area contributed by atoms with Gasteiger partial charge < -0.3 is 0 Å². The average Bonchev–Trinajstić information content (AvgIpc) is 2.37. The van der Waals surface area contributed by atoms with Crippen LogP contribution in [-0.2, 0) is 0 Å². The molecule has 0 bridgehead atoms. The minimum atomic E-state index is 0.455. The standard InChI is InChI=1S/C18H27N/c1-5-16-9-11-19(13-17(16)6-2)14-18(4)10-7-8-15(3)12-18/h5-6,8H,1-2,7,9-14H2,3-4H3. The highest BCUT2D eigenvalue weighted by atomic mass is 15.1. The van der Waals surface area contributed by atoms with E-state index in [2.05, 4.69) is 38.0 Å². The molecule has 0 saturated heterocycles. The van der Waals surface area contributed by atoms with Gasteiger partial charge >= 0.3 is 0 Å². The molecule has 2 aliphatic rings. The van der Waals surface area contributed by atoms with E-state index in [9.17, 15) is 0 Å². The van der Waals surface area contributed by atoms with Crippen molar-refractivity contribution in [3.8, 4) is 0 Å². The summed E-state index contributed by atoms with van der Waals surface area (Å²) in [5, 5.41) is 0. The van der Waals surface area contributed by atoms with Gasteiger partial charge in [-0.05, 0) is 49.2 Å². The second-order valence-corrected chi connectivity index (χ2v) is 6.50. The normalized spacial score (nSPS) is 29.1. The monoisotopic (exact) mass is 257 g/mol. The van der Waals surface area contributed by atoms with Gasteiger partial charge in [0.25, 0.3) is 0 Å². The topological polar surface area (TPSA) is 3.24 Å². The molecule has 0 radical (unpaired) electrons. The molecule has 1 aliphatic heterocycles. The van der Waals surface area contributed by atoms with Crippen molar-refractivity contribution < 1.29 is 0 Å². The molecule has 0 aromatic carbocycles. The highest BCUT2D eigenvalue weighted by Gasteiger charge is 2.30. The third-order valence-electron chi connectivity index (χ3n) is 4.55. The Balaban J connectivity index is 2.02. The molecule has 0 fully saturated rings. The lowest BCUT2D eigenvalue weighted by Gasteiger charge is -2.40. The summed E-state index contributed by atoms with van der Waals surface area (Å²) < 4.78 is 0. The second kappa shape index (κ2) is 5.92. The molecule has 1 nitrogen and oxygen atoms in total. The Morgan fingerprint density at radius 1 is 1.32 bits per heavy atom. The van der Waals surface area contributed by atoms with Crippen molar-refractivity contribution in [2.24, 2.45) is 5.41 Å². The summed E-state index contributed by atoms with van der Waals surface area (Å²) in [4.78, 5) is 2.60. The summed E-state index contributed by atoms with van der Waals surface area (Å²) in [5.41, 5.74) is 4.78. The first kappa shape index (κ1) is 14.3. The van der Waals surface area contributed by atoms with Crippen LogP contribution in [0.2, 0.25) is 0 Å². The molecular weight excluding hydrogens is 230 g/mol. The Kier molecular flexibility index (Phi) is 4.46. The van der Waals surface area contributed by atoms with Crippen LogP contribution in [0.1, 0.15) is 39.5 Å². The maximum Gasteiger partial charge on any atom is 0.0236 e. The summed E-state index contributed by atoms with van der Waals surface area (Å²) in [5.74, 6) is 0. The molecule has 0 aromatic heterocycles. The van der Waals surface area contributed by atoms with Gasteiger partial charge in [-0.1, -0.05) is 43.9 Å². The van der Waals surface area contributed by atoms with E-state index in [0.717, 1.165) is 19.5 Å². The van der Waals surface area contributed by atoms with Gasteiger partial charge in [0.15, 0.2) is 0 Å². The first-order chi connectivity index (χ1) is 9.06. The number of allylic oxidation sites excluding steroid dienone is 3. The summed E-state index contributed by atoms with van der Waals surface area (Å²) in [7, 11) is 0. The van der Waals surface area contributed by atoms with Crippen molar-refractivity contribution in [2.75, 3.05) is 19.6 Å². The predicted molar refractivity (Wildman–Crippen MR) is 84.2 cm³/mol. The fourth-order valence-corrected chi connectivity index (χ4v) is 3.60. The third kappa shape index (κ3) is 3.48. The predicted octanol–water partition coefficient (Wildman–Crippen LogP) is 4.50. The van der Waals surface area contributed by atoms with Crippen molar-refractivity contribution in [2.45, 2.75) is 39.5 Å². The first-order valence-electron chi connectivity index (χ1n) is 7.41. The van der Waals surface area contributed by atoms with Crippen LogP contribution in [0.15, 0.2) is 48.1 Å². The number of hydrogen-bond acceptors (Lipinski definition) is 1. The quantitative estimate of drug-likeness (QED) is 0.670. The van der Waals surface area contributed by atoms with Crippen molar-refractivity contribution in [3.05, 3.63) is 48.1 Å². The SMILES string of the molecule is C=CC1=C(C=C)CN(CC2(C)CCC=C(C)C2)CC1. The molecule has 1 atom stereocenters. The van der Waals surface area contributed by atoms with E-state index in [4.69, 9.17) is 0 Å². The zero-order chi connectivity index (χ0) is 13.9. The van der Waals surface area contributed by atoms with E-state index in [1.807, 2.05) is 12.2 Å². The van der Waals surface area contributed by atoms with Crippen LogP contribution in [0.4, 0.5) is 0 Å². The van der Waals surface area contributed by atoms with E-state index in [-0.39, 0.29) is 0 Å². The van der Waals surface area contributed by atoms with Gasteiger partial charge in [0.05, 0.1) is 0 Å². The molecule has 2 rings (SSSR count). The van der Waals surface area contributed by atoms with Crippen molar-refractivity contribution in [3.63, 3.8) is 0 Å². The van der Waals surface area contributed by atoms with Crippen molar-refractivity contribution in [1.29, 1.82) is 0 Å². The van der Waals surface area contributed by atoms with Crippen LogP contribution in [0.25, 0.3) is 0 Å². The van der Waals surface area contributed by atoms with Gasteiger partial charge in [-0.15, -0.1) is 0 Å². The van der Waals surface area contributed by atoms with Crippen LogP contribution < -0.4 is 0 Å². The molecule has 0 aromatic rings. The zero-order valence-corrected chi connectivity index (χ0v) is 12.5. The Bertz CT molecular complexity index is 427. The Morgan fingerprint density at radius 3 is 2.68 bits per heavy atom. The van der Waals surface area contributed by atoms with Crippen LogP contribution in [0.3, 0.4) is 0 Å². The van der Waals surface area contributed by atoms with E-state index >= 15 is 0 Å².